The second kappa shape index (κ2) is 4.49. The summed E-state index contributed by atoms with van der Waals surface area (Å²) < 4.78 is 0. The molecule has 102 valence electrons. The van der Waals surface area contributed by atoms with E-state index in [2.05, 4.69) is 24.5 Å². The molecule has 0 spiro atoms. The van der Waals surface area contributed by atoms with Crippen molar-refractivity contribution < 1.29 is 0 Å². The minimum atomic E-state index is 0.623. The Hall–Kier alpha value is -0.530. The van der Waals surface area contributed by atoms with E-state index in [9.17, 15) is 0 Å². The first-order chi connectivity index (χ1) is 9.29. The van der Waals surface area contributed by atoms with Gasteiger partial charge < -0.3 is 5.32 Å². The molecule has 0 heterocycles. The Balaban J connectivity index is 1.50. The zero-order valence-electron chi connectivity index (χ0n) is 11.5. The summed E-state index contributed by atoms with van der Waals surface area (Å²) in [4.78, 5) is 0. The first-order valence-electron chi connectivity index (χ1n) is 7.70. The number of hydrogen-bond acceptors (Lipinski definition) is 1. The summed E-state index contributed by atoms with van der Waals surface area (Å²) in [6.07, 6.45) is 5.64. The molecule has 1 N–H and O–H groups in total. The Labute approximate surface area is 120 Å². The van der Waals surface area contributed by atoms with E-state index in [0.717, 1.165) is 41.0 Å². The maximum Gasteiger partial charge on any atom is 0.0438 e. The molecule has 19 heavy (non-hydrogen) atoms. The molecule has 1 aromatic rings. The van der Waals surface area contributed by atoms with Gasteiger partial charge in [-0.3, -0.25) is 0 Å². The maximum atomic E-state index is 6.31. The molecule has 3 aliphatic rings. The van der Waals surface area contributed by atoms with E-state index in [1.165, 1.54) is 24.8 Å². The fourth-order valence-corrected chi connectivity index (χ4v) is 5.47. The maximum absolute atomic E-state index is 6.31. The minimum absolute atomic E-state index is 0.623. The van der Waals surface area contributed by atoms with Crippen molar-refractivity contribution in [2.24, 2.45) is 29.6 Å². The normalized spacial score (nSPS) is 40.2. The summed E-state index contributed by atoms with van der Waals surface area (Å²) in [5.74, 6) is 5.12. The summed E-state index contributed by atoms with van der Waals surface area (Å²) in [5, 5.41) is 4.51. The Morgan fingerprint density at radius 2 is 1.89 bits per heavy atom. The number of fused-ring (bicyclic) bond motifs is 5. The summed E-state index contributed by atoms with van der Waals surface area (Å²) in [6.45, 7) is 0. The first kappa shape index (κ1) is 12.2. The van der Waals surface area contributed by atoms with Gasteiger partial charge in [-0.25, -0.2) is 0 Å². The average Bonchev–Trinajstić information content (AvgIpc) is 2.85. The van der Waals surface area contributed by atoms with E-state index in [1.807, 2.05) is 12.1 Å². The molecular formula is C17H22ClN. The van der Waals surface area contributed by atoms with Crippen LogP contribution < -0.4 is 5.32 Å². The average molecular weight is 276 g/mol. The third-order valence-electron chi connectivity index (χ3n) is 6.03. The topological polar surface area (TPSA) is 12.0 Å². The molecule has 1 aromatic carbocycles. The van der Waals surface area contributed by atoms with Crippen molar-refractivity contribution in [3.05, 3.63) is 34.9 Å². The monoisotopic (exact) mass is 275 g/mol. The molecule has 0 saturated heterocycles. The second-order valence-corrected chi connectivity index (χ2v) is 7.16. The lowest BCUT2D eigenvalue weighted by molar-refractivity contribution is 0.376. The van der Waals surface area contributed by atoms with Gasteiger partial charge in [0, 0.05) is 11.1 Å². The summed E-state index contributed by atoms with van der Waals surface area (Å²) in [5.41, 5.74) is 1.31. The van der Waals surface area contributed by atoms with Crippen LogP contribution in [0.3, 0.4) is 0 Å². The molecule has 3 fully saturated rings. The smallest absolute Gasteiger partial charge is 0.0438 e. The molecule has 4 rings (SSSR count). The predicted octanol–water partition coefficient (Wildman–Crippen LogP) is 3.76. The van der Waals surface area contributed by atoms with Crippen molar-refractivity contribution in [2.45, 2.75) is 31.7 Å². The SMILES string of the molecule is CNC(Cc1ccccc1Cl)C1C2C3CCC(C3)C21. The van der Waals surface area contributed by atoms with Crippen LogP contribution in [0.15, 0.2) is 24.3 Å². The molecule has 3 aliphatic carbocycles. The number of halogens is 1. The fraction of sp³-hybridized carbons (Fsp3) is 0.647. The highest BCUT2D eigenvalue weighted by atomic mass is 35.5. The predicted molar refractivity (Wildman–Crippen MR) is 79.3 cm³/mol. The quantitative estimate of drug-likeness (QED) is 0.882. The molecule has 1 nitrogen and oxygen atoms in total. The van der Waals surface area contributed by atoms with E-state index in [-0.39, 0.29) is 0 Å². The lowest BCUT2D eigenvalue weighted by atomic mass is 9.93. The van der Waals surface area contributed by atoms with E-state index in [4.69, 9.17) is 11.6 Å². The Bertz CT molecular complexity index is 470. The molecule has 5 unspecified atom stereocenters. The fourth-order valence-electron chi connectivity index (χ4n) is 5.26. The summed E-state index contributed by atoms with van der Waals surface area (Å²) in [6, 6.07) is 8.94. The van der Waals surface area contributed by atoms with Crippen molar-refractivity contribution in [3.63, 3.8) is 0 Å². The number of likely N-dealkylation sites (N-methyl/N-ethyl adjacent to an activating group) is 1. The largest absolute Gasteiger partial charge is 0.316 e. The molecule has 3 saturated carbocycles. The highest BCUT2D eigenvalue weighted by molar-refractivity contribution is 6.31. The standard InChI is InChI=1S/C17H22ClN/c1-19-14(9-10-4-2-3-5-13(10)18)17-15-11-6-7-12(8-11)16(15)17/h2-5,11-12,14-17,19H,6-9H2,1H3. The van der Waals surface area contributed by atoms with E-state index < -0.39 is 0 Å². The van der Waals surface area contributed by atoms with Gasteiger partial charge in [-0.15, -0.1) is 0 Å². The van der Waals surface area contributed by atoms with Gasteiger partial charge in [-0.2, -0.15) is 0 Å². The van der Waals surface area contributed by atoms with Gasteiger partial charge in [0.05, 0.1) is 0 Å². The van der Waals surface area contributed by atoms with Crippen LogP contribution in [0.1, 0.15) is 24.8 Å². The Morgan fingerprint density at radius 1 is 1.21 bits per heavy atom. The molecule has 0 aromatic heterocycles. The zero-order chi connectivity index (χ0) is 13.0. The number of rotatable bonds is 4. The highest BCUT2D eigenvalue weighted by Crippen LogP contribution is 2.70. The number of nitrogens with one attached hydrogen (secondary N) is 1. The number of hydrogen-bond donors (Lipinski definition) is 1. The Morgan fingerprint density at radius 3 is 2.53 bits per heavy atom. The van der Waals surface area contributed by atoms with Gasteiger partial charge in [0.1, 0.15) is 0 Å². The van der Waals surface area contributed by atoms with Crippen molar-refractivity contribution in [2.75, 3.05) is 7.05 Å². The number of benzene rings is 1. The van der Waals surface area contributed by atoms with Crippen molar-refractivity contribution in [1.29, 1.82) is 0 Å². The van der Waals surface area contributed by atoms with Gasteiger partial charge in [0.15, 0.2) is 0 Å². The van der Waals surface area contributed by atoms with Crippen LogP contribution in [0.2, 0.25) is 5.02 Å². The molecule has 0 radical (unpaired) electrons. The van der Waals surface area contributed by atoms with E-state index in [1.54, 1.807) is 0 Å². The third-order valence-corrected chi connectivity index (χ3v) is 6.40. The lowest BCUT2D eigenvalue weighted by Gasteiger charge is -2.20. The molecule has 0 aliphatic heterocycles. The molecule has 5 atom stereocenters. The minimum Gasteiger partial charge on any atom is -0.316 e. The van der Waals surface area contributed by atoms with Crippen LogP contribution >= 0.6 is 11.6 Å². The molecule has 0 amide bonds. The van der Waals surface area contributed by atoms with Gasteiger partial charge in [-0.1, -0.05) is 29.8 Å². The van der Waals surface area contributed by atoms with Gasteiger partial charge in [-0.05, 0) is 74.0 Å². The second-order valence-electron chi connectivity index (χ2n) is 6.76. The van der Waals surface area contributed by atoms with E-state index >= 15 is 0 Å². The highest BCUT2D eigenvalue weighted by Gasteiger charge is 2.66. The zero-order valence-corrected chi connectivity index (χ0v) is 12.2. The van der Waals surface area contributed by atoms with Crippen LogP contribution in [0.5, 0.6) is 0 Å². The first-order valence-corrected chi connectivity index (χ1v) is 8.08. The third kappa shape index (κ3) is 1.86. The van der Waals surface area contributed by atoms with Crippen molar-refractivity contribution in [1.82, 2.24) is 5.32 Å². The van der Waals surface area contributed by atoms with Crippen LogP contribution in [-0.4, -0.2) is 13.1 Å². The van der Waals surface area contributed by atoms with E-state index in [0.29, 0.717) is 6.04 Å². The van der Waals surface area contributed by atoms with Gasteiger partial charge in [0.2, 0.25) is 0 Å². The summed E-state index contributed by atoms with van der Waals surface area (Å²) >= 11 is 6.31. The van der Waals surface area contributed by atoms with Crippen molar-refractivity contribution in [3.8, 4) is 0 Å². The van der Waals surface area contributed by atoms with Crippen LogP contribution in [0.25, 0.3) is 0 Å². The molecular weight excluding hydrogens is 254 g/mol. The van der Waals surface area contributed by atoms with Gasteiger partial charge >= 0.3 is 0 Å². The van der Waals surface area contributed by atoms with Crippen LogP contribution in [0, 0.1) is 29.6 Å². The van der Waals surface area contributed by atoms with Crippen molar-refractivity contribution >= 4 is 11.6 Å². The molecule has 2 heteroatoms. The molecule has 2 bridgehead atoms. The Kier molecular flexibility index (Phi) is 2.89. The summed E-state index contributed by atoms with van der Waals surface area (Å²) in [7, 11) is 2.12. The lowest BCUT2D eigenvalue weighted by Crippen LogP contribution is -2.32. The van der Waals surface area contributed by atoms with Gasteiger partial charge in [0.25, 0.3) is 0 Å². The van der Waals surface area contributed by atoms with Crippen LogP contribution in [0.4, 0.5) is 0 Å². The van der Waals surface area contributed by atoms with Crippen LogP contribution in [-0.2, 0) is 6.42 Å².